The van der Waals surface area contributed by atoms with Gasteiger partial charge in [0, 0.05) is 54.8 Å². The van der Waals surface area contributed by atoms with Gasteiger partial charge in [0.05, 0.1) is 11.3 Å². The first-order valence-electron chi connectivity index (χ1n) is 16.2. The number of carbonyl (C=O) groups excluding carboxylic acids is 2. The van der Waals surface area contributed by atoms with Crippen molar-refractivity contribution < 1.29 is 23.8 Å². The van der Waals surface area contributed by atoms with Crippen LogP contribution in [0.4, 0.5) is 11.4 Å². The molecular formula is C37H50N4O5S. The van der Waals surface area contributed by atoms with Crippen LogP contribution in [-0.4, -0.2) is 47.3 Å². The maximum Gasteiger partial charge on any atom is 0.335 e. The van der Waals surface area contributed by atoms with Gasteiger partial charge in [-0.2, -0.15) is 0 Å². The summed E-state index contributed by atoms with van der Waals surface area (Å²) >= 11 is 1.11. The number of nitrogens with two attached hydrogens (primary N) is 1. The number of unbranched alkanes of at least 4 members (excludes halogenated alkanes) is 2. The molecule has 0 bridgehead atoms. The number of nitrogens with zero attached hydrogens (tertiary/aromatic N) is 2. The summed E-state index contributed by atoms with van der Waals surface area (Å²) in [5.41, 5.74) is 6.01. The van der Waals surface area contributed by atoms with Crippen LogP contribution in [0.25, 0.3) is 11.3 Å². The molecular weight excluding hydrogens is 612 g/mol. The molecule has 1 aliphatic rings. The number of carboxylic acids is 1. The molecule has 0 saturated carbocycles. The highest BCUT2D eigenvalue weighted by atomic mass is 32.2. The van der Waals surface area contributed by atoms with Crippen LogP contribution < -0.4 is 16.1 Å². The van der Waals surface area contributed by atoms with Gasteiger partial charge >= 0.3 is 5.97 Å². The molecule has 0 fully saturated rings. The number of amides is 1. The summed E-state index contributed by atoms with van der Waals surface area (Å²) in [5.74, 6) is 4.49. The average molecular weight is 663 g/mol. The third kappa shape index (κ3) is 11.4. The van der Waals surface area contributed by atoms with Crippen LogP contribution in [0.2, 0.25) is 0 Å². The summed E-state index contributed by atoms with van der Waals surface area (Å²) in [6.07, 6.45) is 6.74. The third-order valence-electron chi connectivity index (χ3n) is 7.38. The quantitative estimate of drug-likeness (QED) is 0.0547. The number of hydroxylamine groups is 1. The maximum atomic E-state index is 13.1. The number of anilines is 2. The van der Waals surface area contributed by atoms with E-state index < -0.39 is 5.97 Å². The van der Waals surface area contributed by atoms with Crippen molar-refractivity contribution in [2.24, 2.45) is 5.84 Å². The van der Waals surface area contributed by atoms with Gasteiger partial charge in [-0.25, -0.2) is 14.9 Å². The molecule has 0 aromatic heterocycles. The van der Waals surface area contributed by atoms with Crippen molar-refractivity contribution in [3.63, 3.8) is 0 Å². The molecule has 0 spiro atoms. The van der Waals surface area contributed by atoms with E-state index in [1.165, 1.54) is 32.3 Å². The monoisotopic (exact) mass is 662 g/mol. The number of benzene rings is 3. The van der Waals surface area contributed by atoms with Crippen LogP contribution in [0, 0.1) is 6.92 Å². The van der Waals surface area contributed by atoms with Gasteiger partial charge < -0.3 is 15.3 Å². The summed E-state index contributed by atoms with van der Waals surface area (Å²) in [6, 6.07) is 20.1. The lowest BCUT2D eigenvalue weighted by Gasteiger charge is -2.21. The lowest BCUT2D eigenvalue weighted by atomic mass is 9.92. The molecule has 0 aliphatic carbocycles. The summed E-state index contributed by atoms with van der Waals surface area (Å²) in [7, 11) is 0. The molecule has 1 aliphatic heterocycles. The van der Waals surface area contributed by atoms with E-state index in [4.69, 9.17) is 10.1 Å². The molecule has 0 atom stereocenters. The van der Waals surface area contributed by atoms with Crippen LogP contribution in [-0.2, 0) is 20.3 Å². The van der Waals surface area contributed by atoms with Crippen LogP contribution in [0.5, 0.6) is 0 Å². The number of hydrogen-bond acceptors (Lipinski definition) is 8. The Balaban J connectivity index is 0.00000100. The molecule has 1 heterocycles. The van der Waals surface area contributed by atoms with E-state index in [1.807, 2.05) is 62.4 Å². The van der Waals surface area contributed by atoms with Crippen molar-refractivity contribution in [2.75, 3.05) is 29.6 Å². The van der Waals surface area contributed by atoms with Crippen LogP contribution in [0.1, 0.15) is 92.9 Å². The van der Waals surface area contributed by atoms with E-state index in [0.717, 1.165) is 39.7 Å². The van der Waals surface area contributed by atoms with E-state index >= 15 is 0 Å². The van der Waals surface area contributed by atoms with Crippen LogP contribution >= 0.6 is 12.0 Å². The molecule has 1 amide bonds. The van der Waals surface area contributed by atoms with Gasteiger partial charge in [-0.3, -0.25) is 9.59 Å². The molecule has 3 aromatic rings. The van der Waals surface area contributed by atoms with Crippen molar-refractivity contribution in [3.8, 4) is 0 Å². The fourth-order valence-electron chi connectivity index (χ4n) is 5.17. The van der Waals surface area contributed by atoms with Gasteiger partial charge in [-0.1, -0.05) is 83.4 Å². The molecule has 3 aromatic carbocycles. The first-order chi connectivity index (χ1) is 22.6. The second kappa shape index (κ2) is 20.3. The zero-order valence-electron chi connectivity index (χ0n) is 28.8. The first-order valence-corrected chi connectivity index (χ1v) is 17.3. The van der Waals surface area contributed by atoms with Gasteiger partial charge in [-0.15, -0.1) is 5.17 Å². The topological polar surface area (TPSA) is 125 Å². The predicted octanol–water partition coefficient (Wildman–Crippen LogP) is 8.15. The fraction of sp³-hybridized carbons (Fsp3) is 0.378. The number of allylic oxidation sites excluding steroid dienone is 1. The minimum Gasteiger partial charge on any atom is -0.478 e. The SMILES string of the molecule is CC.CCCCC.CSON(N)CCC(=O)N1CCc2cc(N/C(=C(\C(C)=O)c3ccc(C(=O)O)cc3C)c3ccccc3)ccc21. The number of carbonyl (C=O) groups is 3. The fourth-order valence-corrected chi connectivity index (χ4v) is 5.44. The number of hydrogen-bond donors (Lipinski definition) is 3. The van der Waals surface area contributed by atoms with E-state index in [2.05, 4.69) is 19.2 Å². The van der Waals surface area contributed by atoms with E-state index in [-0.39, 0.29) is 30.2 Å². The highest BCUT2D eigenvalue weighted by Gasteiger charge is 2.26. The average Bonchev–Trinajstić information content (AvgIpc) is 3.49. The van der Waals surface area contributed by atoms with Crippen molar-refractivity contribution in [3.05, 3.63) is 94.5 Å². The second-order valence-electron chi connectivity index (χ2n) is 10.8. The lowest BCUT2D eigenvalue weighted by molar-refractivity contribution is -0.121. The Morgan fingerprint density at radius 1 is 1.00 bits per heavy atom. The zero-order chi connectivity index (χ0) is 34.9. The number of Topliss-reactive ketones (excluding diaryl/α,β-unsaturated/α-hetero) is 1. The Kier molecular flexibility index (Phi) is 17.0. The van der Waals surface area contributed by atoms with Crippen molar-refractivity contribution in [1.29, 1.82) is 0 Å². The Hall–Kier alpha value is -3.96. The molecule has 10 heteroatoms. The smallest absolute Gasteiger partial charge is 0.335 e. The van der Waals surface area contributed by atoms with Crippen molar-refractivity contribution in [1.82, 2.24) is 5.17 Å². The minimum absolute atomic E-state index is 0.0383. The van der Waals surface area contributed by atoms with E-state index in [9.17, 15) is 19.5 Å². The molecule has 4 N–H and O–H groups in total. The van der Waals surface area contributed by atoms with Gasteiger partial charge in [0.2, 0.25) is 5.91 Å². The summed E-state index contributed by atoms with van der Waals surface area (Å²) in [5, 5.41) is 14.0. The second-order valence-corrected chi connectivity index (χ2v) is 11.2. The molecule has 47 heavy (non-hydrogen) atoms. The Morgan fingerprint density at radius 2 is 1.68 bits per heavy atom. The van der Waals surface area contributed by atoms with Gasteiger partial charge in [-0.05, 0) is 72.9 Å². The largest absolute Gasteiger partial charge is 0.478 e. The number of fused-ring (bicyclic) bond motifs is 1. The Labute approximate surface area is 284 Å². The number of hydrazine groups is 1. The highest BCUT2D eigenvalue weighted by molar-refractivity contribution is 7.93. The first kappa shape index (κ1) is 39.2. The summed E-state index contributed by atoms with van der Waals surface area (Å²) in [4.78, 5) is 39.2. The third-order valence-corrected chi connectivity index (χ3v) is 7.72. The van der Waals surface area contributed by atoms with Crippen LogP contribution in [0.15, 0.2) is 66.7 Å². The number of aryl methyl sites for hydroxylation is 1. The highest BCUT2D eigenvalue weighted by Crippen LogP contribution is 2.35. The van der Waals surface area contributed by atoms with Crippen molar-refractivity contribution in [2.45, 2.75) is 73.6 Å². The summed E-state index contributed by atoms with van der Waals surface area (Å²) < 4.78 is 5.10. The Morgan fingerprint density at radius 3 is 2.23 bits per heavy atom. The normalized spacial score (nSPS) is 12.2. The molecule has 0 unspecified atom stereocenters. The molecule has 9 nitrogen and oxygen atoms in total. The van der Waals surface area contributed by atoms with Gasteiger partial charge in [0.15, 0.2) is 5.78 Å². The van der Waals surface area contributed by atoms with Crippen molar-refractivity contribution >= 4 is 52.3 Å². The molecule has 0 radical (unpaired) electrons. The number of ketones is 1. The van der Waals surface area contributed by atoms with E-state index in [1.54, 1.807) is 30.2 Å². The zero-order valence-corrected chi connectivity index (χ0v) is 29.6. The number of carboxylic acid groups (broad SMARTS) is 1. The van der Waals surface area contributed by atoms with Gasteiger partial charge in [0.25, 0.3) is 0 Å². The van der Waals surface area contributed by atoms with Crippen LogP contribution in [0.3, 0.4) is 0 Å². The predicted molar refractivity (Wildman–Crippen MR) is 195 cm³/mol. The number of aromatic carboxylic acids is 1. The Bertz CT molecular complexity index is 1510. The maximum absolute atomic E-state index is 13.1. The minimum atomic E-state index is -1.02. The summed E-state index contributed by atoms with van der Waals surface area (Å²) in [6.45, 7) is 12.6. The van der Waals surface area contributed by atoms with Gasteiger partial charge in [0.1, 0.15) is 0 Å². The lowest BCUT2D eigenvalue weighted by Crippen LogP contribution is -2.35. The molecule has 0 saturated heterocycles. The van der Waals surface area contributed by atoms with E-state index in [0.29, 0.717) is 35.4 Å². The standard InChI is InChI=1S/C30H32N4O5S.C5H12.C2H6/c1-19-17-23(30(37)38)9-11-25(19)28(20(2)35)29(21-7-5-4-6-8-21)32-24-10-12-26-22(18-24)13-15-33(26)27(36)14-16-34(31)39-40-3;1-3-5-4-2;1-2/h4-12,17-18,32H,13-16,31H2,1-3H3,(H,37,38);3-5H2,1-2H3;1-2H3/b29-28+;;. The number of rotatable bonds is 13. The number of nitrogens with one attached hydrogen (secondary N) is 1. The molecule has 4 rings (SSSR count). The molecule has 254 valence electrons.